The van der Waals surface area contributed by atoms with Crippen LogP contribution in [0.5, 0.6) is 0 Å². The first-order valence-electron chi connectivity index (χ1n) is 9.27. The van der Waals surface area contributed by atoms with Crippen LogP contribution in [0.3, 0.4) is 0 Å². The first-order valence-corrected chi connectivity index (χ1v) is 9.27. The van der Waals surface area contributed by atoms with Crippen molar-refractivity contribution >= 4 is 5.78 Å². The third-order valence-electron chi connectivity index (χ3n) is 8.44. The minimum atomic E-state index is -0.543. The molecule has 4 rings (SSSR count). The van der Waals surface area contributed by atoms with E-state index >= 15 is 0 Å². The standard InChI is InChI=1S/C19H30O3/c1-18-10-8-15(20)17(22)14(18)4-3-11-12-5-6-16(21)19(12,2)9-7-13(11)18/h11-15,17,20,22H,3-10H2,1-2H3/t11-,12-,13-,14+,15+,17+,18+,19-/m0/s1. The molecule has 0 aromatic carbocycles. The van der Waals surface area contributed by atoms with E-state index in [1.165, 1.54) is 0 Å². The molecule has 0 unspecified atom stereocenters. The number of aliphatic hydroxyl groups is 2. The predicted molar refractivity (Wildman–Crippen MR) is 84.1 cm³/mol. The van der Waals surface area contributed by atoms with Crippen LogP contribution in [0.2, 0.25) is 0 Å². The van der Waals surface area contributed by atoms with Crippen molar-refractivity contribution in [2.75, 3.05) is 0 Å². The Balaban J connectivity index is 1.65. The first-order chi connectivity index (χ1) is 10.4. The molecule has 22 heavy (non-hydrogen) atoms. The van der Waals surface area contributed by atoms with Crippen LogP contribution < -0.4 is 0 Å². The van der Waals surface area contributed by atoms with Gasteiger partial charge in [-0.2, -0.15) is 0 Å². The molecule has 3 nitrogen and oxygen atoms in total. The number of aliphatic hydroxyl groups excluding tert-OH is 2. The molecule has 4 fully saturated rings. The Bertz CT molecular complexity index is 489. The van der Waals surface area contributed by atoms with Crippen molar-refractivity contribution in [2.24, 2.45) is 34.5 Å². The number of Topliss-reactive ketones (excluding diaryl/α,β-unsaturated/α-hetero) is 1. The highest BCUT2D eigenvalue weighted by Crippen LogP contribution is 2.65. The summed E-state index contributed by atoms with van der Waals surface area (Å²) in [5.41, 5.74) is 0.103. The van der Waals surface area contributed by atoms with Gasteiger partial charge in [-0.1, -0.05) is 13.8 Å². The highest BCUT2D eigenvalue weighted by Gasteiger charge is 2.61. The molecule has 4 saturated carbocycles. The molecule has 8 atom stereocenters. The molecule has 0 heterocycles. The highest BCUT2D eigenvalue weighted by molar-refractivity contribution is 5.87. The fourth-order valence-corrected chi connectivity index (χ4v) is 7.09. The van der Waals surface area contributed by atoms with Crippen molar-refractivity contribution in [3.8, 4) is 0 Å². The smallest absolute Gasteiger partial charge is 0.139 e. The van der Waals surface area contributed by atoms with Gasteiger partial charge in [-0.3, -0.25) is 4.79 Å². The summed E-state index contributed by atoms with van der Waals surface area (Å²) < 4.78 is 0. The number of carbonyl (C=O) groups excluding carboxylic acids is 1. The van der Waals surface area contributed by atoms with Crippen LogP contribution >= 0.6 is 0 Å². The first kappa shape index (κ1) is 15.1. The SMILES string of the molecule is C[C@]12CC[C@@H](O)[C@H](O)[C@H]1CC[C@@H]1[C@@H]2CC[C@]2(C)C(=O)CC[C@@H]12. The average Bonchev–Trinajstić information content (AvgIpc) is 2.79. The topological polar surface area (TPSA) is 57.5 Å². The Morgan fingerprint density at radius 2 is 1.68 bits per heavy atom. The van der Waals surface area contributed by atoms with Gasteiger partial charge in [0.25, 0.3) is 0 Å². The lowest BCUT2D eigenvalue weighted by Gasteiger charge is -2.61. The maximum absolute atomic E-state index is 12.4. The van der Waals surface area contributed by atoms with Gasteiger partial charge in [0.2, 0.25) is 0 Å². The van der Waals surface area contributed by atoms with Gasteiger partial charge in [0.1, 0.15) is 5.78 Å². The van der Waals surface area contributed by atoms with Crippen LogP contribution in [0.4, 0.5) is 0 Å². The summed E-state index contributed by atoms with van der Waals surface area (Å²) in [5.74, 6) is 2.62. The largest absolute Gasteiger partial charge is 0.390 e. The molecule has 0 aromatic heterocycles. The predicted octanol–water partition coefficient (Wildman–Crippen LogP) is 2.93. The Morgan fingerprint density at radius 3 is 2.45 bits per heavy atom. The Labute approximate surface area is 133 Å². The van der Waals surface area contributed by atoms with Gasteiger partial charge >= 0.3 is 0 Å². The molecule has 124 valence electrons. The maximum Gasteiger partial charge on any atom is 0.139 e. The van der Waals surface area contributed by atoms with E-state index in [-0.39, 0.29) is 16.7 Å². The van der Waals surface area contributed by atoms with E-state index in [9.17, 15) is 15.0 Å². The van der Waals surface area contributed by atoms with Crippen molar-refractivity contribution in [1.29, 1.82) is 0 Å². The second-order valence-electron chi connectivity index (χ2n) is 9.08. The Hall–Kier alpha value is -0.410. The molecule has 0 amide bonds. The molecule has 0 saturated heterocycles. The monoisotopic (exact) mass is 306 g/mol. The minimum Gasteiger partial charge on any atom is -0.390 e. The molecule has 4 aliphatic carbocycles. The highest BCUT2D eigenvalue weighted by atomic mass is 16.3. The normalized spacial score (nSPS) is 57.9. The van der Waals surface area contributed by atoms with E-state index in [2.05, 4.69) is 13.8 Å². The molecular weight excluding hydrogens is 276 g/mol. The summed E-state index contributed by atoms with van der Waals surface area (Å²) in [6.45, 7) is 4.58. The van der Waals surface area contributed by atoms with Crippen LogP contribution in [-0.2, 0) is 4.79 Å². The van der Waals surface area contributed by atoms with Crippen LogP contribution in [0.15, 0.2) is 0 Å². The zero-order valence-electron chi connectivity index (χ0n) is 13.9. The number of fused-ring (bicyclic) bond motifs is 5. The summed E-state index contributed by atoms with van der Waals surface area (Å²) in [7, 11) is 0. The molecule has 0 bridgehead atoms. The Morgan fingerprint density at radius 1 is 0.909 bits per heavy atom. The van der Waals surface area contributed by atoms with E-state index in [1.807, 2.05) is 0 Å². The number of hydrogen-bond donors (Lipinski definition) is 2. The van der Waals surface area contributed by atoms with E-state index < -0.39 is 12.2 Å². The lowest BCUT2D eigenvalue weighted by molar-refractivity contribution is -0.173. The van der Waals surface area contributed by atoms with Crippen molar-refractivity contribution in [3.63, 3.8) is 0 Å². The van der Waals surface area contributed by atoms with Gasteiger partial charge < -0.3 is 10.2 Å². The van der Waals surface area contributed by atoms with Gasteiger partial charge in [0.15, 0.2) is 0 Å². The average molecular weight is 306 g/mol. The summed E-state index contributed by atoms with van der Waals surface area (Å²) in [6.07, 6.45) is 6.91. The Kier molecular flexibility index (Phi) is 3.30. The van der Waals surface area contributed by atoms with Gasteiger partial charge in [-0.15, -0.1) is 0 Å². The molecule has 0 spiro atoms. The minimum absolute atomic E-state index is 0.0584. The maximum atomic E-state index is 12.4. The second kappa shape index (κ2) is 4.80. The molecule has 0 radical (unpaired) electrons. The molecule has 2 N–H and O–H groups in total. The van der Waals surface area contributed by atoms with Gasteiger partial charge in [-0.25, -0.2) is 0 Å². The van der Waals surface area contributed by atoms with E-state index in [0.717, 1.165) is 51.4 Å². The van der Waals surface area contributed by atoms with Gasteiger partial charge in [-0.05, 0) is 74.0 Å². The molecule has 0 aliphatic heterocycles. The molecule has 4 aliphatic rings. The van der Waals surface area contributed by atoms with Crippen molar-refractivity contribution in [3.05, 3.63) is 0 Å². The quantitative estimate of drug-likeness (QED) is 0.723. The second-order valence-corrected chi connectivity index (χ2v) is 9.08. The molecule has 3 heteroatoms. The number of hydrogen-bond acceptors (Lipinski definition) is 3. The van der Waals surface area contributed by atoms with Crippen LogP contribution in [0, 0.1) is 34.5 Å². The lowest BCUT2D eigenvalue weighted by atomic mass is 9.45. The third kappa shape index (κ3) is 1.78. The number of carbonyl (C=O) groups is 1. The third-order valence-corrected chi connectivity index (χ3v) is 8.44. The van der Waals surface area contributed by atoms with Crippen molar-refractivity contribution in [1.82, 2.24) is 0 Å². The lowest BCUT2D eigenvalue weighted by Crippen LogP contribution is -2.58. The molecule has 0 aromatic rings. The number of rotatable bonds is 0. The summed E-state index contributed by atoms with van der Waals surface area (Å²) in [4.78, 5) is 12.4. The van der Waals surface area contributed by atoms with Gasteiger partial charge in [0, 0.05) is 11.8 Å². The van der Waals surface area contributed by atoms with E-state index in [1.54, 1.807) is 0 Å². The van der Waals surface area contributed by atoms with Crippen LogP contribution in [0.1, 0.15) is 65.2 Å². The zero-order valence-corrected chi connectivity index (χ0v) is 13.9. The fourth-order valence-electron chi connectivity index (χ4n) is 7.09. The van der Waals surface area contributed by atoms with Crippen molar-refractivity contribution < 1.29 is 15.0 Å². The van der Waals surface area contributed by atoms with Crippen LogP contribution in [-0.4, -0.2) is 28.2 Å². The molecular formula is C19H30O3. The summed E-state index contributed by atoms with van der Waals surface area (Å²) in [5, 5.41) is 20.6. The summed E-state index contributed by atoms with van der Waals surface area (Å²) in [6, 6.07) is 0. The van der Waals surface area contributed by atoms with Crippen molar-refractivity contribution in [2.45, 2.75) is 77.4 Å². The van der Waals surface area contributed by atoms with E-state index in [4.69, 9.17) is 0 Å². The van der Waals surface area contributed by atoms with Crippen LogP contribution in [0.25, 0.3) is 0 Å². The number of ketones is 1. The van der Waals surface area contributed by atoms with Gasteiger partial charge in [0.05, 0.1) is 12.2 Å². The summed E-state index contributed by atoms with van der Waals surface area (Å²) >= 11 is 0. The zero-order chi connectivity index (χ0) is 15.7. The van der Waals surface area contributed by atoms with E-state index in [0.29, 0.717) is 23.5 Å². The fraction of sp³-hybridized carbons (Fsp3) is 0.947.